The fraction of sp³-hybridized carbons (Fsp3) is 0.625. The van der Waals surface area contributed by atoms with E-state index in [4.69, 9.17) is 9.47 Å². The molecular formula is C32H45NO4. The lowest BCUT2D eigenvalue weighted by atomic mass is 9.93. The average molecular weight is 508 g/mol. The molecule has 0 spiro atoms. The van der Waals surface area contributed by atoms with Gasteiger partial charge < -0.3 is 14.4 Å². The van der Waals surface area contributed by atoms with Crippen molar-refractivity contribution in [3.05, 3.63) is 48.0 Å². The maximum atomic E-state index is 12.6. The number of hydrogen-bond donors (Lipinski definition) is 0. The first-order valence-corrected chi connectivity index (χ1v) is 14.7. The Labute approximate surface area is 222 Å². The number of nitrogens with zero attached hydrogens (tertiary/aromatic N) is 1. The average Bonchev–Trinajstić information content (AvgIpc) is 3.49. The number of esters is 1. The molecule has 1 saturated heterocycles. The molecule has 1 heterocycles. The molecule has 2 aliphatic rings. The third-order valence-electron chi connectivity index (χ3n) is 8.37. The van der Waals surface area contributed by atoms with Crippen LogP contribution in [0.5, 0.6) is 0 Å². The van der Waals surface area contributed by atoms with E-state index in [1.165, 1.54) is 80.5 Å². The predicted octanol–water partition coefficient (Wildman–Crippen LogP) is 8.14. The quantitative estimate of drug-likeness (QED) is 0.131. The van der Waals surface area contributed by atoms with Gasteiger partial charge in [0.2, 0.25) is 6.79 Å². The van der Waals surface area contributed by atoms with Crippen molar-refractivity contribution in [3.8, 4) is 0 Å². The van der Waals surface area contributed by atoms with Crippen LogP contribution in [0.1, 0.15) is 102 Å². The topological polar surface area (TPSA) is 55.8 Å². The Kier molecular flexibility index (Phi) is 10.3. The molecule has 0 radical (unpaired) electrons. The second-order valence-corrected chi connectivity index (χ2v) is 11.2. The van der Waals surface area contributed by atoms with E-state index in [-0.39, 0.29) is 24.3 Å². The summed E-state index contributed by atoms with van der Waals surface area (Å²) in [6.45, 7) is 3.34. The molecule has 2 aromatic rings. The maximum absolute atomic E-state index is 12.6. The lowest BCUT2D eigenvalue weighted by Gasteiger charge is -2.21. The van der Waals surface area contributed by atoms with Gasteiger partial charge in [-0.05, 0) is 35.1 Å². The molecule has 4 rings (SSSR count). The van der Waals surface area contributed by atoms with Crippen molar-refractivity contribution in [2.45, 2.75) is 102 Å². The summed E-state index contributed by atoms with van der Waals surface area (Å²) < 4.78 is 10.4. The first kappa shape index (κ1) is 27.5. The first-order valence-electron chi connectivity index (χ1n) is 14.7. The number of benzene rings is 2. The van der Waals surface area contributed by atoms with E-state index < -0.39 is 0 Å². The summed E-state index contributed by atoms with van der Waals surface area (Å²) in [7, 11) is 0. The van der Waals surface area contributed by atoms with Crippen LogP contribution in [0.4, 0.5) is 4.79 Å². The van der Waals surface area contributed by atoms with Gasteiger partial charge in [-0.3, -0.25) is 4.79 Å². The zero-order chi connectivity index (χ0) is 25.9. The molecule has 0 unspecified atom stereocenters. The molecule has 0 N–H and O–H groups in total. The molecule has 5 heteroatoms. The van der Waals surface area contributed by atoms with Gasteiger partial charge in [0, 0.05) is 24.9 Å². The molecule has 37 heavy (non-hydrogen) atoms. The van der Waals surface area contributed by atoms with Gasteiger partial charge in [0.1, 0.15) is 0 Å². The number of fused-ring (bicyclic) bond motifs is 2. The number of carbonyl (C=O) groups excluding carboxylic acids is 2. The summed E-state index contributed by atoms with van der Waals surface area (Å²) in [5.41, 5.74) is 1.36. The second-order valence-electron chi connectivity index (χ2n) is 11.2. The number of ether oxygens (including phenoxy) is 2. The van der Waals surface area contributed by atoms with Gasteiger partial charge in [-0.15, -0.1) is 0 Å². The summed E-state index contributed by atoms with van der Waals surface area (Å²) >= 11 is 0. The van der Waals surface area contributed by atoms with E-state index in [9.17, 15) is 9.59 Å². The zero-order valence-corrected chi connectivity index (χ0v) is 22.7. The van der Waals surface area contributed by atoms with Crippen LogP contribution < -0.4 is 0 Å². The SMILES string of the molecule is CCCCCCCCCCCCCCC(=O)OCOC(=O)N1C[C@H]2C[C@@]2(c2ccc3ccccc3c2)C1. The minimum Gasteiger partial charge on any atom is -0.428 e. The predicted molar refractivity (Wildman–Crippen MR) is 148 cm³/mol. The summed E-state index contributed by atoms with van der Waals surface area (Å²) in [6, 6.07) is 15.0. The molecule has 0 aromatic heterocycles. The fourth-order valence-corrected chi connectivity index (χ4v) is 5.99. The van der Waals surface area contributed by atoms with Crippen LogP contribution in [0.3, 0.4) is 0 Å². The summed E-state index contributed by atoms with van der Waals surface area (Å²) in [6.07, 6.45) is 16.3. The van der Waals surface area contributed by atoms with E-state index in [1.54, 1.807) is 4.90 Å². The Hall–Kier alpha value is -2.56. The highest BCUT2D eigenvalue weighted by Gasteiger charge is 2.62. The third-order valence-corrected chi connectivity index (χ3v) is 8.37. The van der Waals surface area contributed by atoms with Crippen molar-refractivity contribution < 1.29 is 19.1 Å². The number of rotatable bonds is 16. The highest BCUT2D eigenvalue weighted by Crippen LogP contribution is 2.59. The Balaban J connectivity index is 1.03. The Bertz CT molecular complexity index is 1020. The van der Waals surface area contributed by atoms with E-state index in [0.717, 1.165) is 19.3 Å². The van der Waals surface area contributed by atoms with Crippen molar-refractivity contribution in [1.29, 1.82) is 0 Å². The molecule has 2 fully saturated rings. The number of likely N-dealkylation sites (tertiary alicyclic amines) is 1. The number of piperidine rings is 1. The lowest BCUT2D eigenvalue weighted by molar-refractivity contribution is -0.152. The molecule has 1 aliphatic carbocycles. The van der Waals surface area contributed by atoms with Gasteiger partial charge in [0.25, 0.3) is 0 Å². The zero-order valence-electron chi connectivity index (χ0n) is 22.7. The summed E-state index contributed by atoms with van der Waals surface area (Å²) in [5, 5.41) is 2.47. The van der Waals surface area contributed by atoms with Crippen LogP contribution >= 0.6 is 0 Å². The van der Waals surface area contributed by atoms with Gasteiger partial charge in [-0.25, -0.2) is 4.79 Å². The largest absolute Gasteiger partial charge is 0.428 e. The van der Waals surface area contributed by atoms with Crippen molar-refractivity contribution in [2.24, 2.45) is 5.92 Å². The summed E-state index contributed by atoms with van der Waals surface area (Å²) in [5.74, 6) is 0.200. The molecule has 202 valence electrons. The normalized spacial score (nSPS) is 20.1. The lowest BCUT2D eigenvalue weighted by Crippen LogP contribution is -2.34. The van der Waals surface area contributed by atoms with Crippen LogP contribution in [-0.2, 0) is 19.7 Å². The molecular weight excluding hydrogens is 462 g/mol. The van der Waals surface area contributed by atoms with E-state index in [0.29, 0.717) is 25.4 Å². The van der Waals surface area contributed by atoms with Crippen LogP contribution in [0.2, 0.25) is 0 Å². The molecule has 0 bridgehead atoms. The molecule has 1 aliphatic heterocycles. The van der Waals surface area contributed by atoms with Crippen LogP contribution in [-0.4, -0.2) is 36.8 Å². The fourth-order valence-electron chi connectivity index (χ4n) is 5.99. The Morgan fingerprint density at radius 1 is 0.838 bits per heavy atom. The maximum Gasteiger partial charge on any atom is 0.412 e. The van der Waals surface area contributed by atoms with Gasteiger partial charge >= 0.3 is 12.1 Å². The molecule has 1 amide bonds. The van der Waals surface area contributed by atoms with Gasteiger partial charge in [0.05, 0.1) is 0 Å². The smallest absolute Gasteiger partial charge is 0.412 e. The van der Waals surface area contributed by atoms with Crippen molar-refractivity contribution in [1.82, 2.24) is 4.90 Å². The molecule has 5 nitrogen and oxygen atoms in total. The van der Waals surface area contributed by atoms with E-state index >= 15 is 0 Å². The minimum absolute atomic E-state index is 0.0500. The minimum atomic E-state index is -0.384. The van der Waals surface area contributed by atoms with Gasteiger partial charge in [0.15, 0.2) is 0 Å². The van der Waals surface area contributed by atoms with Crippen molar-refractivity contribution in [3.63, 3.8) is 0 Å². The van der Waals surface area contributed by atoms with Crippen molar-refractivity contribution in [2.75, 3.05) is 19.9 Å². The van der Waals surface area contributed by atoms with E-state index in [1.807, 2.05) is 0 Å². The third kappa shape index (κ3) is 7.72. The standard InChI is InChI=1S/C32H45NO4/c1-2-3-4-5-6-7-8-9-10-11-12-13-18-30(34)36-25-37-31(35)33-23-29-22-32(29,24-33)28-20-19-26-16-14-15-17-27(26)21-28/h14-17,19-21,29H,2-13,18,22-25H2,1H3/t29-,32+/m1/s1. The summed E-state index contributed by atoms with van der Waals surface area (Å²) in [4.78, 5) is 26.3. The monoisotopic (exact) mass is 507 g/mol. The van der Waals surface area contributed by atoms with Crippen LogP contribution in [0.25, 0.3) is 10.8 Å². The number of amides is 1. The van der Waals surface area contributed by atoms with Gasteiger partial charge in [-0.2, -0.15) is 0 Å². The van der Waals surface area contributed by atoms with Gasteiger partial charge in [-0.1, -0.05) is 120 Å². The molecule has 2 atom stereocenters. The molecule has 1 saturated carbocycles. The Morgan fingerprint density at radius 3 is 2.19 bits per heavy atom. The molecule has 2 aromatic carbocycles. The van der Waals surface area contributed by atoms with E-state index in [2.05, 4.69) is 49.4 Å². The van der Waals surface area contributed by atoms with Crippen LogP contribution in [0.15, 0.2) is 42.5 Å². The Morgan fingerprint density at radius 2 is 1.49 bits per heavy atom. The van der Waals surface area contributed by atoms with Crippen LogP contribution in [0, 0.1) is 5.92 Å². The highest BCUT2D eigenvalue weighted by molar-refractivity contribution is 5.83. The number of carbonyl (C=O) groups is 2. The number of hydrogen-bond acceptors (Lipinski definition) is 4. The highest BCUT2D eigenvalue weighted by atomic mass is 16.7. The van der Waals surface area contributed by atoms with Crippen molar-refractivity contribution >= 4 is 22.8 Å². The first-order chi connectivity index (χ1) is 18.1. The second kappa shape index (κ2) is 13.8. The number of unbranched alkanes of at least 4 members (excludes halogenated alkanes) is 11.